The number of hydrogen-bond acceptors (Lipinski definition) is 4. The van der Waals surface area contributed by atoms with Crippen molar-refractivity contribution in [1.82, 2.24) is 15.1 Å². The van der Waals surface area contributed by atoms with Crippen molar-refractivity contribution in [2.75, 3.05) is 5.32 Å². The summed E-state index contributed by atoms with van der Waals surface area (Å²) in [5.41, 5.74) is 3.97. The third kappa shape index (κ3) is 3.23. The summed E-state index contributed by atoms with van der Waals surface area (Å²) < 4.78 is 1.76. The lowest BCUT2D eigenvalue weighted by atomic mass is 10.2. The smallest absolute Gasteiger partial charge is 0.314 e. The number of nitrogens with one attached hydrogen (secondary N) is 2. The van der Waals surface area contributed by atoms with Gasteiger partial charge in [-0.15, -0.1) is 0 Å². The average molecular weight is 370 g/mol. The number of anilines is 1. The third-order valence-electron chi connectivity index (χ3n) is 5.02. The molecule has 1 aliphatic carbocycles. The summed E-state index contributed by atoms with van der Waals surface area (Å²) in [6.45, 7) is 2.01. The molecular weight excluding hydrogens is 348 g/mol. The number of fused-ring (bicyclic) bond motifs is 1. The molecule has 6 nitrogen and oxygen atoms in total. The number of hydrogen-bond donors (Lipinski definition) is 2. The highest BCUT2D eigenvalue weighted by Gasteiger charge is 2.28. The normalized spacial score (nSPS) is 16.5. The van der Waals surface area contributed by atoms with E-state index in [1.807, 2.05) is 31.2 Å². The molecule has 2 amide bonds. The summed E-state index contributed by atoms with van der Waals surface area (Å²) in [5.74, 6) is 1.05. The van der Waals surface area contributed by atoms with Crippen molar-refractivity contribution in [2.45, 2.75) is 50.2 Å². The van der Waals surface area contributed by atoms with Gasteiger partial charge in [-0.3, -0.25) is 9.59 Å². The predicted molar refractivity (Wildman–Crippen MR) is 102 cm³/mol. The summed E-state index contributed by atoms with van der Waals surface area (Å²) in [7, 11) is 0. The standard InChI is InChI=1S/C19H22N4O2S/c1-12-6-2-5-9-16(12)23-17(14-10-26-11-15(14)22-23)21-19(25)18(24)20-13-7-3-4-8-13/h2,5-6,9,13H,3-4,7-8,10-11H2,1H3,(H,20,24)(H,21,25). The van der Waals surface area contributed by atoms with Gasteiger partial charge in [0, 0.05) is 23.1 Å². The first kappa shape index (κ1) is 17.1. The van der Waals surface area contributed by atoms with Crippen molar-refractivity contribution >= 4 is 29.4 Å². The van der Waals surface area contributed by atoms with Crippen LogP contribution in [0.2, 0.25) is 0 Å². The van der Waals surface area contributed by atoms with Crippen molar-refractivity contribution in [3.05, 3.63) is 41.1 Å². The Labute approximate surface area is 156 Å². The van der Waals surface area contributed by atoms with E-state index in [0.29, 0.717) is 5.82 Å². The molecule has 1 aromatic heterocycles. The van der Waals surface area contributed by atoms with Crippen molar-refractivity contribution in [1.29, 1.82) is 0 Å². The fraction of sp³-hybridized carbons (Fsp3) is 0.421. The van der Waals surface area contributed by atoms with Crippen LogP contribution in [0.15, 0.2) is 24.3 Å². The molecule has 7 heteroatoms. The number of carbonyl (C=O) groups is 2. The Morgan fingerprint density at radius 3 is 2.69 bits per heavy atom. The summed E-state index contributed by atoms with van der Waals surface area (Å²) in [4.78, 5) is 24.8. The Morgan fingerprint density at radius 1 is 1.15 bits per heavy atom. The van der Waals surface area contributed by atoms with Gasteiger partial charge in [-0.1, -0.05) is 31.0 Å². The van der Waals surface area contributed by atoms with E-state index in [9.17, 15) is 9.59 Å². The van der Waals surface area contributed by atoms with Crippen LogP contribution in [0.4, 0.5) is 5.82 Å². The molecule has 0 atom stereocenters. The van der Waals surface area contributed by atoms with E-state index in [1.165, 1.54) is 0 Å². The number of rotatable bonds is 3. The Hall–Kier alpha value is -2.28. The molecule has 0 radical (unpaired) electrons. The number of carbonyl (C=O) groups excluding carboxylic acids is 2. The molecule has 4 rings (SSSR count). The third-order valence-corrected chi connectivity index (χ3v) is 5.99. The van der Waals surface area contributed by atoms with Gasteiger partial charge < -0.3 is 10.6 Å². The van der Waals surface area contributed by atoms with Gasteiger partial charge in [-0.25, -0.2) is 4.68 Å². The highest BCUT2D eigenvalue weighted by atomic mass is 32.2. The zero-order chi connectivity index (χ0) is 18.1. The van der Waals surface area contributed by atoms with Crippen LogP contribution in [0.25, 0.3) is 5.69 Å². The number of nitrogens with zero attached hydrogens (tertiary/aromatic N) is 2. The first-order valence-corrected chi connectivity index (χ1v) is 10.2. The summed E-state index contributed by atoms with van der Waals surface area (Å²) in [6, 6.07) is 8.02. The van der Waals surface area contributed by atoms with Crippen molar-refractivity contribution < 1.29 is 9.59 Å². The predicted octanol–water partition coefficient (Wildman–Crippen LogP) is 2.92. The van der Waals surface area contributed by atoms with Gasteiger partial charge in [0.25, 0.3) is 0 Å². The molecule has 0 bridgehead atoms. The number of para-hydroxylation sites is 1. The van der Waals surface area contributed by atoms with Crippen LogP contribution >= 0.6 is 11.8 Å². The average Bonchev–Trinajstić information content (AvgIpc) is 3.34. The maximum absolute atomic E-state index is 12.5. The zero-order valence-electron chi connectivity index (χ0n) is 14.7. The maximum atomic E-state index is 12.5. The van der Waals surface area contributed by atoms with Crippen LogP contribution in [-0.2, 0) is 21.1 Å². The highest BCUT2D eigenvalue weighted by molar-refractivity contribution is 7.98. The fourth-order valence-corrected chi connectivity index (χ4v) is 4.64. The molecule has 2 aliphatic rings. The molecule has 2 heterocycles. The molecule has 1 aromatic carbocycles. The molecule has 1 fully saturated rings. The number of aryl methyl sites for hydroxylation is 1. The van der Waals surface area contributed by atoms with Crippen molar-refractivity contribution in [3.63, 3.8) is 0 Å². The molecule has 2 aromatic rings. The second-order valence-electron chi connectivity index (χ2n) is 6.87. The monoisotopic (exact) mass is 370 g/mol. The highest BCUT2D eigenvalue weighted by Crippen LogP contribution is 2.36. The molecular formula is C19H22N4O2S. The van der Waals surface area contributed by atoms with Gasteiger partial charge in [0.15, 0.2) is 0 Å². The number of thioether (sulfide) groups is 1. The Balaban J connectivity index is 1.60. The van der Waals surface area contributed by atoms with E-state index >= 15 is 0 Å². The minimum atomic E-state index is -0.619. The van der Waals surface area contributed by atoms with Gasteiger partial charge in [-0.05, 0) is 31.4 Å². The lowest BCUT2D eigenvalue weighted by molar-refractivity contribution is -0.136. The van der Waals surface area contributed by atoms with E-state index in [1.54, 1.807) is 16.4 Å². The number of aromatic nitrogens is 2. The van der Waals surface area contributed by atoms with Crippen LogP contribution in [0.3, 0.4) is 0 Å². The molecule has 136 valence electrons. The Bertz CT molecular complexity index is 855. The summed E-state index contributed by atoms with van der Waals surface area (Å²) in [5, 5.41) is 10.4. The largest absolute Gasteiger partial charge is 0.345 e. The molecule has 0 saturated heterocycles. The van der Waals surface area contributed by atoms with Crippen LogP contribution in [-0.4, -0.2) is 27.6 Å². The SMILES string of the molecule is Cc1ccccc1-n1nc2c(c1NC(=O)C(=O)NC1CCCC1)CSC2. The minimum Gasteiger partial charge on any atom is -0.345 e. The van der Waals surface area contributed by atoms with Crippen LogP contribution in [0.1, 0.15) is 42.5 Å². The van der Waals surface area contributed by atoms with Crippen LogP contribution in [0, 0.1) is 6.92 Å². The molecule has 26 heavy (non-hydrogen) atoms. The Kier molecular flexibility index (Phi) is 4.72. The first-order valence-electron chi connectivity index (χ1n) is 9.00. The van der Waals surface area contributed by atoms with Crippen LogP contribution < -0.4 is 10.6 Å². The van der Waals surface area contributed by atoms with Gasteiger partial charge in [0.2, 0.25) is 0 Å². The lowest BCUT2D eigenvalue weighted by Gasteiger charge is -2.14. The molecule has 2 N–H and O–H groups in total. The van der Waals surface area contributed by atoms with E-state index < -0.39 is 11.8 Å². The molecule has 1 saturated carbocycles. The van der Waals surface area contributed by atoms with Gasteiger partial charge >= 0.3 is 11.8 Å². The quantitative estimate of drug-likeness (QED) is 0.815. The number of amides is 2. The van der Waals surface area contributed by atoms with Crippen molar-refractivity contribution in [3.8, 4) is 5.69 Å². The van der Waals surface area contributed by atoms with Gasteiger partial charge in [0.05, 0.1) is 11.4 Å². The van der Waals surface area contributed by atoms with Gasteiger partial charge in [0.1, 0.15) is 5.82 Å². The van der Waals surface area contributed by atoms with Crippen LogP contribution in [0.5, 0.6) is 0 Å². The summed E-state index contributed by atoms with van der Waals surface area (Å²) in [6.07, 6.45) is 4.12. The molecule has 0 unspecified atom stereocenters. The first-order chi connectivity index (χ1) is 12.6. The lowest BCUT2D eigenvalue weighted by Crippen LogP contribution is -2.41. The number of benzene rings is 1. The zero-order valence-corrected chi connectivity index (χ0v) is 15.6. The summed E-state index contributed by atoms with van der Waals surface area (Å²) >= 11 is 1.77. The maximum Gasteiger partial charge on any atom is 0.314 e. The second kappa shape index (κ2) is 7.15. The van der Waals surface area contributed by atoms with Gasteiger partial charge in [-0.2, -0.15) is 16.9 Å². The molecule has 0 spiro atoms. The topological polar surface area (TPSA) is 76.0 Å². The van der Waals surface area contributed by atoms with E-state index in [-0.39, 0.29) is 6.04 Å². The molecule has 1 aliphatic heterocycles. The van der Waals surface area contributed by atoms with E-state index in [0.717, 1.165) is 59.7 Å². The fourth-order valence-electron chi connectivity index (χ4n) is 3.60. The Morgan fingerprint density at radius 2 is 1.92 bits per heavy atom. The second-order valence-corrected chi connectivity index (χ2v) is 7.86. The van der Waals surface area contributed by atoms with Crippen molar-refractivity contribution in [2.24, 2.45) is 0 Å². The van der Waals surface area contributed by atoms with E-state index in [4.69, 9.17) is 0 Å². The minimum absolute atomic E-state index is 0.121. The van der Waals surface area contributed by atoms with E-state index in [2.05, 4.69) is 15.7 Å².